The van der Waals surface area contributed by atoms with E-state index in [2.05, 4.69) is 46.5 Å². The molecule has 0 fully saturated rings. The molecule has 130 valence electrons. The Morgan fingerprint density at radius 3 is 2.72 bits per heavy atom. The van der Waals surface area contributed by atoms with Crippen molar-refractivity contribution in [1.82, 2.24) is 4.98 Å². The molecule has 0 bridgehead atoms. The molecule has 6 heteroatoms. The number of hydrogen-bond acceptors (Lipinski definition) is 3. The number of nitrogens with one attached hydrogen (secondary N) is 1. The topological polar surface area (TPSA) is 63.3 Å². The second kappa shape index (κ2) is 9.53. The molecule has 1 heterocycles. The molecule has 0 unspecified atom stereocenters. The average molecular weight is 464 g/mol. The molecule has 2 aromatic carbocycles. The van der Waals surface area contributed by atoms with Gasteiger partial charge in [0, 0.05) is 16.6 Å². The van der Waals surface area contributed by atoms with Crippen molar-refractivity contribution in [3.05, 3.63) is 71.2 Å². The first-order chi connectivity index (χ1) is 11.7. The predicted molar refractivity (Wildman–Crippen MR) is 118 cm³/mol. The van der Waals surface area contributed by atoms with Gasteiger partial charge < -0.3 is 11.1 Å². The molecule has 0 aliphatic rings. The Bertz CT molecular complexity index is 830. The van der Waals surface area contributed by atoms with Gasteiger partial charge >= 0.3 is 0 Å². The maximum Gasteiger partial charge on any atom is 0.193 e. The van der Waals surface area contributed by atoms with Crippen LogP contribution in [-0.4, -0.2) is 10.9 Å². The number of guanidine groups is 1. The molecular weight excluding hydrogens is 443 g/mol. The van der Waals surface area contributed by atoms with Crippen LogP contribution in [0.25, 0.3) is 10.6 Å². The van der Waals surface area contributed by atoms with Gasteiger partial charge in [-0.2, -0.15) is 0 Å². The highest BCUT2D eigenvalue weighted by atomic mass is 127. The van der Waals surface area contributed by atoms with Crippen LogP contribution in [0, 0.1) is 0 Å². The second-order valence-corrected chi connectivity index (χ2v) is 6.25. The van der Waals surface area contributed by atoms with Crippen molar-refractivity contribution in [2.45, 2.75) is 19.9 Å². The monoisotopic (exact) mass is 464 g/mol. The summed E-state index contributed by atoms with van der Waals surface area (Å²) in [5.74, 6) is 0.400. The van der Waals surface area contributed by atoms with Gasteiger partial charge in [0.15, 0.2) is 5.96 Å². The van der Waals surface area contributed by atoms with Gasteiger partial charge in [0.25, 0.3) is 0 Å². The van der Waals surface area contributed by atoms with Crippen LogP contribution < -0.4 is 11.1 Å². The van der Waals surface area contributed by atoms with Crippen LogP contribution in [0.1, 0.15) is 18.2 Å². The van der Waals surface area contributed by atoms with Crippen LogP contribution in [0.15, 0.2) is 65.0 Å². The van der Waals surface area contributed by atoms with Crippen molar-refractivity contribution in [2.75, 3.05) is 5.32 Å². The summed E-state index contributed by atoms with van der Waals surface area (Å²) < 4.78 is 0. The first-order valence-corrected chi connectivity index (χ1v) is 8.78. The van der Waals surface area contributed by atoms with Crippen LogP contribution >= 0.6 is 35.3 Å². The Morgan fingerprint density at radius 1 is 1.16 bits per heavy atom. The van der Waals surface area contributed by atoms with Gasteiger partial charge in [0.05, 0.1) is 12.2 Å². The van der Waals surface area contributed by atoms with Crippen LogP contribution in [0.2, 0.25) is 0 Å². The summed E-state index contributed by atoms with van der Waals surface area (Å²) in [4.78, 5) is 8.99. The first-order valence-electron chi connectivity index (χ1n) is 7.90. The third-order valence-corrected chi connectivity index (χ3v) is 4.53. The Hall–Kier alpha value is -1.93. The van der Waals surface area contributed by atoms with Crippen LogP contribution in [0.5, 0.6) is 0 Å². The Labute approximate surface area is 169 Å². The molecule has 0 atom stereocenters. The van der Waals surface area contributed by atoms with Gasteiger partial charge in [0.1, 0.15) is 5.01 Å². The number of nitrogens with two attached hydrogens (primary N) is 1. The Morgan fingerprint density at radius 2 is 1.96 bits per heavy atom. The lowest BCUT2D eigenvalue weighted by atomic mass is 10.1. The molecule has 0 aliphatic heterocycles. The standard InChI is InChI=1S/C19H20N4S.HI/c1-2-14-7-6-10-16(11-14)23-19(20)21-12-17-13-24-18(22-17)15-8-4-3-5-9-15;/h3-11,13H,2,12H2,1H3,(H3,20,21,23);1H. The van der Waals surface area contributed by atoms with Crippen molar-refractivity contribution in [3.63, 3.8) is 0 Å². The second-order valence-electron chi connectivity index (χ2n) is 5.39. The SMILES string of the molecule is CCc1cccc(NC(N)=NCc2csc(-c3ccccc3)n2)c1.I. The van der Waals surface area contributed by atoms with E-state index in [0.717, 1.165) is 28.4 Å². The quantitative estimate of drug-likeness (QED) is 0.320. The molecule has 0 radical (unpaired) electrons. The predicted octanol–water partition coefficient (Wildman–Crippen LogP) is 4.92. The smallest absolute Gasteiger partial charge is 0.193 e. The summed E-state index contributed by atoms with van der Waals surface area (Å²) in [5.41, 5.74) is 10.2. The zero-order chi connectivity index (χ0) is 16.8. The normalized spacial score (nSPS) is 11.0. The van der Waals surface area contributed by atoms with Gasteiger partial charge in [-0.3, -0.25) is 0 Å². The molecular formula is C19H21IN4S. The van der Waals surface area contributed by atoms with E-state index in [1.54, 1.807) is 11.3 Å². The molecule has 0 amide bonds. The number of benzene rings is 2. The highest BCUT2D eigenvalue weighted by Crippen LogP contribution is 2.23. The fraction of sp³-hybridized carbons (Fsp3) is 0.158. The van der Waals surface area contributed by atoms with Crippen molar-refractivity contribution in [1.29, 1.82) is 0 Å². The lowest BCUT2D eigenvalue weighted by molar-refractivity contribution is 1.01. The van der Waals surface area contributed by atoms with Crippen molar-refractivity contribution >= 4 is 47.0 Å². The minimum absolute atomic E-state index is 0. The van der Waals surface area contributed by atoms with E-state index in [1.165, 1.54) is 5.56 Å². The highest BCUT2D eigenvalue weighted by molar-refractivity contribution is 14.0. The number of halogens is 1. The van der Waals surface area contributed by atoms with E-state index >= 15 is 0 Å². The minimum atomic E-state index is 0. The molecule has 0 saturated heterocycles. The van der Waals surface area contributed by atoms with Gasteiger partial charge in [-0.25, -0.2) is 9.98 Å². The van der Waals surface area contributed by atoms with Gasteiger partial charge in [-0.1, -0.05) is 49.4 Å². The van der Waals surface area contributed by atoms with Crippen LogP contribution in [0.3, 0.4) is 0 Å². The third-order valence-electron chi connectivity index (χ3n) is 3.59. The van der Waals surface area contributed by atoms with E-state index < -0.39 is 0 Å². The largest absolute Gasteiger partial charge is 0.370 e. The first kappa shape index (κ1) is 19.4. The zero-order valence-electron chi connectivity index (χ0n) is 14.0. The third kappa shape index (κ3) is 5.54. The number of hydrogen-bond donors (Lipinski definition) is 2. The summed E-state index contributed by atoms with van der Waals surface area (Å²) in [6.45, 7) is 2.60. The van der Waals surface area contributed by atoms with Crippen molar-refractivity contribution in [3.8, 4) is 10.6 Å². The van der Waals surface area contributed by atoms with Gasteiger partial charge in [0.2, 0.25) is 0 Å². The van der Waals surface area contributed by atoms with Crippen LogP contribution in [0.4, 0.5) is 5.69 Å². The van der Waals surface area contributed by atoms with Crippen molar-refractivity contribution in [2.24, 2.45) is 10.7 Å². The van der Waals surface area contributed by atoms with Crippen LogP contribution in [-0.2, 0) is 13.0 Å². The molecule has 3 N–H and O–H groups in total. The van der Waals surface area contributed by atoms with E-state index in [-0.39, 0.29) is 24.0 Å². The van der Waals surface area contributed by atoms with E-state index in [1.807, 2.05) is 35.7 Å². The number of aryl methyl sites for hydroxylation is 1. The van der Waals surface area contributed by atoms with Gasteiger partial charge in [-0.05, 0) is 24.1 Å². The lowest BCUT2D eigenvalue weighted by Gasteiger charge is -2.06. The summed E-state index contributed by atoms with van der Waals surface area (Å²) in [6.07, 6.45) is 0.994. The Balaban J connectivity index is 0.00000225. The molecule has 0 spiro atoms. The van der Waals surface area contributed by atoms with Crippen molar-refractivity contribution < 1.29 is 0 Å². The molecule has 3 rings (SSSR count). The van der Waals surface area contributed by atoms with E-state index in [0.29, 0.717) is 12.5 Å². The lowest BCUT2D eigenvalue weighted by Crippen LogP contribution is -2.22. The maximum atomic E-state index is 5.98. The molecule has 0 aliphatic carbocycles. The fourth-order valence-electron chi connectivity index (χ4n) is 2.32. The Kier molecular flexibility index (Phi) is 7.39. The number of anilines is 1. The number of nitrogens with zero attached hydrogens (tertiary/aromatic N) is 2. The summed E-state index contributed by atoms with van der Waals surface area (Å²) in [6, 6.07) is 18.3. The highest BCUT2D eigenvalue weighted by Gasteiger charge is 2.04. The summed E-state index contributed by atoms with van der Waals surface area (Å²) >= 11 is 1.62. The van der Waals surface area contributed by atoms with Gasteiger partial charge in [-0.15, -0.1) is 35.3 Å². The summed E-state index contributed by atoms with van der Waals surface area (Å²) in [7, 11) is 0. The summed E-state index contributed by atoms with van der Waals surface area (Å²) in [5, 5.41) is 6.16. The molecule has 4 nitrogen and oxygen atoms in total. The minimum Gasteiger partial charge on any atom is -0.370 e. The van der Waals surface area contributed by atoms with E-state index in [4.69, 9.17) is 5.73 Å². The fourth-order valence-corrected chi connectivity index (χ4v) is 3.13. The van der Waals surface area contributed by atoms with E-state index in [9.17, 15) is 0 Å². The average Bonchev–Trinajstić information content (AvgIpc) is 3.10. The molecule has 3 aromatic rings. The zero-order valence-corrected chi connectivity index (χ0v) is 17.1. The number of rotatable bonds is 5. The molecule has 0 saturated carbocycles. The number of aromatic nitrogens is 1. The molecule has 1 aromatic heterocycles. The maximum absolute atomic E-state index is 5.98. The molecule has 25 heavy (non-hydrogen) atoms. The number of thiazole rings is 1. The number of aliphatic imine (C=N–C) groups is 1.